The predicted molar refractivity (Wildman–Crippen MR) is 71.3 cm³/mol. The predicted octanol–water partition coefficient (Wildman–Crippen LogP) is 1.71. The van der Waals surface area contributed by atoms with Gasteiger partial charge in [-0.25, -0.2) is 0 Å². The average Bonchev–Trinajstić information content (AvgIpc) is 2.30. The average molecular weight is 254 g/mol. The molecule has 0 bridgehead atoms. The fourth-order valence-electron chi connectivity index (χ4n) is 1.32. The van der Waals surface area contributed by atoms with E-state index in [1.165, 1.54) is 7.11 Å². The van der Waals surface area contributed by atoms with Gasteiger partial charge in [-0.2, -0.15) is 0 Å². The molecule has 0 saturated carbocycles. The van der Waals surface area contributed by atoms with Gasteiger partial charge in [-0.15, -0.1) is 11.8 Å². The van der Waals surface area contributed by atoms with Gasteiger partial charge in [-0.05, 0) is 24.0 Å². The smallest absolute Gasteiger partial charge is 0.243 e. The number of rotatable bonds is 6. The standard InChI is InChI=1S/C12H18N2O2S/c1-3-17-10-6-4-5-9(7-10)14-12(15)11(13)8-16-2/h4-7,11H,3,8,13H2,1-2H3,(H,14,15). The fourth-order valence-corrected chi connectivity index (χ4v) is 2.04. The van der Waals surface area contributed by atoms with Crippen LogP contribution in [-0.4, -0.2) is 31.4 Å². The molecule has 1 atom stereocenters. The van der Waals surface area contributed by atoms with Gasteiger partial charge in [0.25, 0.3) is 0 Å². The Kier molecular flexibility index (Phi) is 6.04. The lowest BCUT2D eigenvalue weighted by molar-refractivity contribution is -0.118. The van der Waals surface area contributed by atoms with E-state index >= 15 is 0 Å². The van der Waals surface area contributed by atoms with Crippen LogP contribution in [0.4, 0.5) is 5.69 Å². The van der Waals surface area contributed by atoms with Gasteiger partial charge in [-0.3, -0.25) is 4.79 Å². The van der Waals surface area contributed by atoms with Crippen molar-refractivity contribution in [3.8, 4) is 0 Å². The molecule has 0 heterocycles. The number of hydrogen-bond donors (Lipinski definition) is 2. The number of hydrogen-bond acceptors (Lipinski definition) is 4. The van der Waals surface area contributed by atoms with Crippen LogP contribution in [0.2, 0.25) is 0 Å². The SMILES string of the molecule is CCSc1cccc(NC(=O)C(N)COC)c1. The van der Waals surface area contributed by atoms with Crippen LogP contribution in [0.25, 0.3) is 0 Å². The highest BCUT2D eigenvalue weighted by molar-refractivity contribution is 7.99. The van der Waals surface area contributed by atoms with Crippen LogP contribution in [0, 0.1) is 0 Å². The number of nitrogens with one attached hydrogen (secondary N) is 1. The lowest BCUT2D eigenvalue weighted by atomic mass is 10.2. The van der Waals surface area contributed by atoms with Crippen molar-refractivity contribution in [2.45, 2.75) is 17.9 Å². The minimum Gasteiger partial charge on any atom is -0.383 e. The number of nitrogens with two attached hydrogens (primary N) is 1. The molecule has 1 unspecified atom stereocenters. The van der Waals surface area contributed by atoms with Gasteiger partial charge >= 0.3 is 0 Å². The molecule has 4 nitrogen and oxygen atoms in total. The summed E-state index contributed by atoms with van der Waals surface area (Å²) in [4.78, 5) is 12.8. The molecule has 0 aliphatic heterocycles. The van der Waals surface area contributed by atoms with Gasteiger partial charge < -0.3 is 15.8 Å². The topological polar surface area (TPSA) is 64.4 Å². The minimum atomic E-state index is -0.637. The van der Waals surface area contributed by atoms with Crippen LogP contribution in [-0.2, 0) is 9.53 Å². The first-order valence-corrected chi connectivity index (χ1v) is 6.44. The Hall–Kier alpha value is -1.04. The maximum Gasteiger partial charge on any atom is 0.243 e. The molecule has 1 aromatic carbocycles. The molecule has 0 aromatic heterocycles. The Labute approximate surface area is 106 Å². The maximum atomic E-state index is 11.6. The highest BCUT2D eigenvalue weighted by Crippen LogP contribution is 2.21. The van der Waals surface area contributed by atoms with Gasteiger partial charge in [0.15, 0.2) is 0 Å². The van der Waals surface area contributed by atoms with Crippen molar-refractivity contribution in [3.63, 3.8) is 0 Å². The first-order valence-electron chi connectivity index (χ1n) is 5.45. The quantitative estimate of drug-likeness (QED) is 0.759. The van der Waals surface area contributed by atoms with E-state index in [4.69, 9.17) is 10.5 Å². The number of ether oxygens (including phenoxy) is 1. The Bertz CT molecular complexity index is 371. The minimum absolute atomic E-state index is 0.217. The third-order valence-corrected chi connectivity index (χ3v) is 2.97. The summed E-state index contributed by atoms with van der Waals surface area (Å²) in [6, 6.07) is 7.07. The number of anilines is 1. The van der Waals surface area contributed by atoms with E-state index in [0.29, 0.717) is 0 Å². The van der Waals surface area contributed by atoms with Crippen LogP contribution in [0.1, 0.15) is 6.92 Å². The number of amides is 1. The van der Waals surface area contributed by atoms with Crippen molar-refractivity contribution >= 4 is 23.4 Å². The third-order valence-electron chi connectivity index (χ3n) is 2.10. The van der Waals surface area contributed by atoms with E-state index < -0.39 is 6.04 Å². The van der Waals surface area contributed by atoms with Crippen LogP contribution in [0.3, 0.4) is 0 Å². The molecular formula is C12H18N2O2S. The molecule has 3 N–H and O–H groups in total. The molecular weight excluding hydrogens is 236 g/mol. The molecule has 0 saturated heterocycles. The Balaban J connectivity index is 2.61. The molecule has 0 aliphatic rings. The summed E-state index contributed by atoms with van der Waals surface area (Å²) in [5.74, 6) is 0.770. The van der Waals surface area contributed by atoms with Crippen molar-refractivity contribution < 1.29 is 9.53 Å². The van der Waals surface area contributed by atoms with Crippen molar-refractivity contribution in [2.24, 2.45) is 5.73 Å². The van der Waals surface area contributed by atoms with E-state index in [1.807, 2.05) is 24.3 Å². The van der Waals surface area contributed by atoms with Gasteiger partial charge in [0.05, 0.1) is 6.61 Å². The largest absolute Gasteiger partial charge is 0.383 e. The highest BCUT2D eigenvalue weighted by Gasteiger charge is 2.12. The van der Waals surface area contributed by atoms with Crippen LogP contribution in [0.5, 0.6) is 0 Å². The molecule has 1 amide bonds. The molecule has 0 radical (unpaired) electrons. The first kappa shape index (κ1) is 14.0. The zero-order valence-corrected chi connectivity index (χ0v) is 10.9. The molecule has 0 fully saturated rings. The Morgan fingerprint density at radius 1 is 1.59 bits per heavy atom. The lowest BCUT2D eigenvalue weighted by Gasteiger charge is -2.11. The second-order valence-electron chi connectivity index (χ2n) is 3.51. The molecule has 0 spiro atoms. The second-order valence-corrected chi connectivity index (χ2v) is 4.85. The van der Waals surface area contributed by atoms with Crippen molar-refractivity contribution in [1.82, 2.24) is 0 Å². The van der Waals surface area contributed by atoms with E-state index in [1.54, 1.807) is 11.8 Å². The number of methoxy groups -OCH3 is 1. The van der Waals surface area contributed by atoms with Gasteiger partial charge in [0, 0.05) is 17.7 Å². The zero-order valence-electron chi connectivity index (χ0n) is 10.1. The van der Waals surface area contributed by atoms with Gasteiger partial charge in [0.1, 0.15) is 6.04 Å². The summed E-state index contributed by atoms with van der Waals surface area (Å²) in [5, 5.41) is 2.77. The van der Waals surface area contributed by atoms with E-state index in [0.717, 1.165) is 16.3 Å². The van der Waals surface area contributed by atoms with Gasteiger partial charge in [0.2, 0.25) is 5.91 Å². The lowest BCUT2D eigenvalue weighted by Crippen LogP contribution is -2.39. The van der Waals surface area contributed by atoms with Crippen LogP contribution in [0.15, 0.2) is 29.2 Å². The molecule has 17 heavy (non-hydrogen) atoms. The normalized spacial score (nSPS) is 12.2. The number of benzene rings is 1. The van der Waals surface area contributed by atoms with Gasteiger partial charge in [-0.1, -0.05) is 13.0 Å². The highest BCUT2D eigenvalue weighted by atomic mass is 32.2. The summed E-state index contributed by atoms with van der Waals surface area (Å²) in [7, 11) is 1.52. The fraction of sp³-hybridized carbons (Fsp3) is 0.417. The summed E-state index contributed by atoms with van der Waals surface area (Å²) in [6.45, 7) is 2.31. The molecule has 0 aliphatic carbocycles. The summed E-state index contributed by atoms with van der Waals surface area (Å²) < 4.78 is 4.83. The molecule has 5 heteroatoms. The Morgan fingerprint density at radius 3 is 3.00 bits per heavy atom. The number of carbonyl (C=O) groups is 1. The number of thioether (sulfide) groups is 1. The Morgan fingerprint density at radius 2 is 2.35 bits per heavy atom. The maximum absolute atomic E-state index is 11.6. The zero-order chi connectivity index (χ0) is 12.7. The molecule has 1 aromatic rings. The van der Waals surface area contributed by atoms with E-state index in [9.17, 15) is 4.79 Å². The molecule has 1 rings (SSSR count). The second kappa shape index (κ2) is 7.32. The molecule has 94 valence electrons. The first-order chi connectivity index (χ1) is 8.17. The van der Waals surface area contributed by atoms with Crippen molar-refractivity contribution in [3.05, 3.63) is 24.3 Å². The van der Waals surface area contributed by atoms with E-state index in [-0.39, 0.29) is 12.5 Å². The van der Waals surface area contributed by atoms with Crippen LogP contribution < -0.4 is 11.1 Å². The van der Waals surface area contributed by atoms with Crippen molar-refractivity contribution in [2.75, 3.05) is 24.8 Å². The van der Waals surface area contributed by atoms with E-state index in [2.05, 4.69) is 12.2 Å². The monoisotopic (exact) mass is 254 g/mol. The summed E-state index contributed by atoms with van der Waals surface area (Å²) >= 11 is 1.73. The summed E-state index contributed by atoms with van der Waals surface area (Å²) in [5.41, 5.74) is 6.39. The summed E-state index contributed by atoms with van der Waals surface area (Å²) in [6.07, 6.45) is 0. The van der Waals surface area contributed by atoms with Crippen molar-refractivity contribution in [1.29, 1.82) is 0 Å². The number of carbonyl (C=O) groups excluding carboxylic acids is 1. The third kappa shape index (κ3) is 4.77. The van der Waals surface area contributed by atoms with Crippen LogP contribution >= 0.6 is 11.8 Å².